The lowest BCUT2D eigenvalue weighted by molar-refractivity contribution is -0.148. The number of hydrogen-bond donors (Lipinski definition) is 0. The Morgan fingerprint density at radius 2 is 2.00 bits per heavy atom. The van der Waals surface area contributed by atoms with Crippen LogP contribution in [0.3, 0.4) is 0 Å². The Kier molecular flexibility index (Phi) is 4.40. The minimum Gasteiger partial charge on any atom is -0.465 e. The van der Waals surface area contributed by atoms with E-state index in [9.17, 15) is 13.6 Å². The second-order valence-corrected chi connectivity index (χ2v) is 3.42. The highest BCUT2D eigenvalue weighted by atomic mass is 19.3. The zero-order chi connectivity index (χ0) is 12.1. The topological polar surface area (TPSA) is 26.3 Å². The molecule has 1 rings (SSSR count). The van der Waals surface area contributed by atoms with Crippen molar-refractivity contribution in [2.24, 2.45) is 0 Å². The quantitative estimate of drug-likeness (QED) is 0.741. The first-order valence-corrected chi connectivity index (χ1v) is 5.08. The maximum Gasteiger partial charge on any atom is 0.319 e. The van der Waals surface area contributed by atoms with Gasteiger partial charge in [-0.15, -0.1) is 0 Å². The summed E-state index contributed by atoms with van der Waals surface area (Å²) in [7, 11) is 0. The maximum atomic E-state index is 12.8. The molecule has 1 aromatic carbocycles. The van der Waals surface area contributed by atoms with Crippen LogP contribution in [0.2, 0.25) is 0 Å². The number of halogens is 2. The fourth-order valence-electron chi connectivity index (χ4n) is 1.53. The zero-order valence-corrected chi connectivity index (χ0v) is 9.24. The Bertz CT molecular complexity index is 364. The molecule has 0 N–H and O–H groups in total. The fraction of sp³-hybridized carbons (Fsp3) is 0.417. The lowest BCUT2D eigenvalue weighted by atomic mass is 9.95. The largest absolute Gasteiger partial charge is 0.465 e. The van der Waals surface area contributed by atoms with E-state index in [-0.39, 0.29) is 6.61 Å². The van der Waals surface area contributed by atoms with Gasteiger partial charge in [0.2, 0.25) is 0 Å². The van der Waals surface area contributed by atoms with Gasteiger partial charge in [-0.2, -0.15) is 0 Å². The van der Waals surface area contributed by atoms with Gasteiger partial charge in [0.15, 0.2) is 0 Å². The zero-order valence-electron chi connectivity index (χ0n) is 9.24. The Hall–Kier alpha value is -1.45. The maximum absolute atomic E-state index is 12.8. The average Bonchev–Trinajstić information content (AvgIpc) is 2.21. The first-order valence-electron chi connectivity index (χ1n) is 5.08. The van der Waals surface area contributed by atoms with Crippen LogP contribution in [-0.4, -0.2) is 19.0 Å². The van der Waals surface area contributed by atoms with Crippen molar-refractivity contribution < 1.29 is 18.3 Å². The van der Waals surface area contributed by atoms with E-state index in [0.717, 1.165) is 0 Å². The van der Waals surface area contributed by atoms with E-state index in [1.807, 2.05) is 0 Å². The number of alkyl halides is 2. The summed E-state index contributed by atoms with van der Waals surface area (Å²) in [5.74, 6) is -2.35. The highest BCUT2D eigenvalue weighted by Crippen LogP contribution is 2.27. The van der Waals surface area contributed by atoms with Gasteiger partial charge in [0, 0.05) is 0 Å². The van der Waals surface area contributed by atoms with Crippen LogP contribution in [0, 0.1) is 6.92 Å². The summed E-state index contributed by atoms with van der Waals surface area (Å²) in [4.78, 5) is 11.4. The molecule has 0 aliphatic rings. The summed E-state index contributed by atoms with van der Waals surface area (Å²) in [6, 6.07) is 6.61. The van der Waals surface area contributed by atoms with E-state index in [0.29, 0.717) is 11.1 Å². The summed E-state index contributed by atoms with van der Waals surface area (Å²) in [6.07, 6.45) is -2.75. The number of carbonyl (C=O) groups excluding carboxylic acids is 1. The van der Waals surface area contributed by atoms with E-state index in [1.165, 1.54) is 6.07 Å². The third-order valence-electron chi connectivity index (χ3n) is 2.32. The number of esters is 1. The summed E-state index contributed by atoms with van der Waals surface area (Å²) in [6.45, 7) is 3.40. The van der Waals surface area contributed by atoms with Gasteiger partial charge in [-0.05, 0) is 25.0 Å². The molecule has 4 heteroatoms. The summed E-state index contributed by atoms with van der Waals surface area (Å²) >= 11 is 0. The number of benzene rings is 1. The Labute approximate surface area is 93.2 Å². The molecule has 0 heterocycles. The summed E-state index contributed by atoms with van der Waals surface area (Å²) in [5, 5.41) is 0. The molecule has 0 radical (unpaired) electrons. The molecule has 0 aromatic heterocycles. The van der Waals surface area contributed by atoms with E-state index in [4.69, 9.17) is 0 Å². The van der Waals surface area contributed by atoms with E-state index < -0.39 is 18.3 Å². The predicted molar refractivity (Wildman–Crippen MR) is 56.6 cm³/mol. The third-order valence-corrected chi connectivity index (χ3v) is 2.32. The number of rotatable bonds is 4. The lowest BCUT2D eigenvalue weighted by Crippen LogP contribution is -2.23. The minimum atomic E-state index is -2.75. The van der Waals surface area contributed by atoms with Crippen molar-refractivity contribution in [3.63, 3.8) is 0 Å². The van der Waals surface area contributed by atoms with Gasteiger partial charge >= 0.3 is 5.97 Å². The van der Waals surface area contributed by atoms with E-state index in [1.54, 1.807) is 32.0 Å². The molecule has 1 unspecified atom stereocenters. The molecule has 0 amide bonds. The molecule has 0 aliphatic heterocycles. The molecular weight excluding hydrogens is 214 g/mol. The monoisotopic (exact) mass is 228 g/mol. The standard InChI is InChI=1S/C12H14F2O2/c1-3-16-12(15)10(11(13)14)9-7-5-4-6-8(9)2/h4-7,10-11H,3H2,1-2H3. The van der Waals surface area contributed by atoms with Crippen molar-refractivity contribution in [3.05, 3.63) is 35.4 Å². The van der Waals surface area contributed by atoms with Crippen molar-refractivity contribution in [3.8, 4) is 0 Å². The number of carbonyl (C=O) groups is 1. The molecule has 0 fully saturated rings. The SMILES string of the molecule is CCOC(=O)C(c1ccccc1C)C(F)F. The number of aryl methyl sites for hydroxylation is 1. The van der Waals surface area contributed by atoms with E-state index in [2.05, 4.69) is 4.74 Å². The van der Waals surface area contributed by atoms with Crippen LogP contribution in [0.25, 0.3) is 0 Å². The summed E-state index contributed by atoms with van der Waals surface area (Å²) < 4.78 is 30.3. The van der Waals surface area contributed by atoms with Gasteiger partial charge < -0.3 is 4.74 Å². The van der Waals surface area contributed by atoms with Crippen molar-refractivity contribution >= 4 is 5.97 Å². The second-order valence-electron chi connectivity index (χ2n) is 3.42. The van der Waals surface area contributed by atoms with Crippen molar-refractivity contribution in [2.45, 2.75) is 26.2 Å². The molecule has 16 heavy (non-hydrogen) atoms. The van der Waals surface area contributed by atoms with Gasteiger partial charge in [-0.1, -0.05) is 24.3 Å². The molecule has 2 nitrogen and oxygen atoms in total. The Morgan fingerprint density at radius 3 is 2.50 bits per heavy atom. The van der Waals surface area contributed by atoms with Crippen LogP contribution in [0.5, 0.6) is 0 Å². The first kappa shape index (κ1) is 12.6. The molecule has 0 saturated heterocycles. The van der Waals surface area contributed by atoms with Gasteiger partial charge in [-0.25, -0.2) is 8.78 Å². The molecule has 0 spiro atoms. The molecule has 0 bridgehead atoms. The highest BCUT2D eigenvalue weighted by molar-refractivity contribution is 5.79. The third kappa shape index (κ3) is 2.78. The normalized spacial score (nSPS) is 12.6. The molecular formula is C12H14F2O2. The van der Waals surface area contributed by atoms with Crippen molar-refractivity contribution in [1.82, 2.24) is 0 Å². The van der Waals surface area contributed by atoms with Crippen molar-refractivity contribution in [1.29, 1.82) is 0 Å². The second kappa shape index (κ2) is 5.58. The fourth-order valence-corrected chi connectivity index (χ4v) is 1.53. The number of hydrogen-bond acceptors (Lipinski definition) is 2. The minimum absolute atomic E-state index is 0.105. The predicted octanol–water partition coefficient (Wildman–Crippen LogP) is 2.91. The van der Waals surface area contributed by atoms with Crippen LogP contribution in [0.4, 0.5) is 8.78 Å². The van der Waals surface area contributed by atoms with Crippen LogP contribution < -0.4 is 0 Å². The van der Waals surface area contributed by atoms with Gasteiger partial charge in [0.05, 0.1) is 6.61 Å². The first-order chi connectivity index (χ1) is 7.57. The summed E-state index contributed by atoms with van der Waals surface area (Å²) in [5.41, 5.74) is 0.997. The smallest absolute Gasteiger partial charge is 0.319 e. The highest BCUT2D eigenvalue weighted by Gasteiger charge is 2.32. The molecule has 0 saturated carbocycles. The van der Waals surface area contributed by atoms with E-state index >= 15 is 0 Å². The molecule has 88 valence electrons. The van der Waals surface area contributed by atoms with Gasteiger partial charge in [-0.3, -0.25) is 4.79 Å². The molecule has 1 aromatic rings. The Morgan fingerprint density at radius 1 is 1.38 bits per heavy atom. The molecule has 1 atom stereocenters. The van der Waals surface area contributed by atoms with Gasteiger partial charge in [0.1, 0.15) is 5.92 Å². The average molecular weight is 228 g/mol. The number of ether oxygens (including phenoxy) is 1. The Balaban J connectivity index is 3.03. The van der Waals surface area contributed by atoms with Crippen LogP contribution >= 0.6 is 0 Å². The van der Waals surface area contributed by atoms with Crippen LogP contribution in [0.1, 0.15) is 24.0 Å². The van der Waals surface area contributed by atoms with Crippen LogP contribution in [0.15, 0.2) is 24.3 Å². The molecule has 0 aliphatic carbocycles. The van der Waals surface area contributed by atoms with Crippen LogP contribution in [-0.2, 0) is 9.53 Å². The van der Waals surface area contributed by atoms with Crippen molar-refractivity contribution in [2.75, 3.05) is 6.61 Å². The lowest BCUT2D eigenvalue weighted by Gasteiger charge is -2.16. The van der Waals surface area contributed by atoms with Gasteiger partial charge in [0.25, 0.3) is 6.43 Å².